The zero-order valence-corrected chi connectivity index (χ0v) is 42.9. The minimum absolute atomic E-state index is 0.106. The van der Waals surface area contributed by atoms with Crippen molar-refractivity contribution in [2.24, 2.45) is 0 Å². The molecule has 6 atom stereocenters. The Morgan fingerprint density at radius 1 is 0.317 bits per heavy atom. The minimum Gasteiger partial charge on any atom is -0.422 e. The van der Waals surface area contributed by atoms with Crippen molar-refractivity contribution in [3.8, 4) is 34.5 Å². The van der Waals surface area contributed by atoms with Crippen LogP contribution in [0, 0.1) is 0 Å². The molecule has 18 heteroatoms. The summed E-state index contributed by atoms with van der Waals surface area (Å²) in [6.45, 7) is 10.7. The molecule has 60 heavy (non-hydrogen) atoms. The number of hydrogen-bond donors (Lipinski definition) is 0. The summed E-state index contributed by atoms with van der Waals surface area (Å²) in [5, 5.41) is 2.34. The fraction of sp³-hybridized carbons (Fsp3) is 0.429. The molecule has 0 heterocycles. The van der Waals surface area contributed by atoms with Gasteiger partial charge < -0.3 is 28.4 Å². The van der Waals surface area contributed by atoms with E-state index in [1.165, 1.54) is 36.4 Å². The van der Waals surface area contributed by atoms with Gasteiger partial charge in [-0.3, -0.25) is 28.8 Å². The highest BCUT2D eigenvalue weighted by molar-refractivity contribution is 9.10. The number of halogens is 6. The highest BCUT2D eigenvalue weighted by Crippen LogP contribution is 2.48. The van der Waals surface area contributed by atoms with Crippen molar-refractivity contribution in [3.05, 3.63) is 36.4 Å². The molecule has 0 aromatic heterocycles. The summed E-state index contributed by atoms with van der Waals surface area (Å²) in [6, 6.07) is 9.04. The molecule has 4 rings (SSSR count). The highest BCUT2D eigenvalue weighted by Gasteiger charge is 2.29. The predicted molar refractivity (Wildman–Crippen MR) is 251 cm³/mol. The van der Waals surface area contributed by atoms with Crippen LogP contribution in [0.1, 0.15) is 80.1 Å². The summed E-state index contributed by atoms with van der Waals surface area (Å²) in [5.74, 6) is -4.58. The molecule has 0 bridgehead atoms. The lowest BCUT2D eigenvalue weighted by atomic mass is 9.93. The van der Waals surface area contributed by atoms with Crippen molar-refractivity contribution < 1.29 is 57.2 Å². The lowest BCUT2D eigenvalue weighted by Crippen LogP contribution is -2.23. The topological polar surface area (TPSA) is 158 Å². The van der Waals surface area contributed by atoms with Crippen LogP contribution in [-0.4, -0.2) is 64.8 Å². The predicted octanol–water partition coefficient (Wildman–Crippen LogP) is 11.6. The van der Waals surface area contributed by atoms with Crippen LogP contribution in [-0.2, 0) is 28.8 Å². The molecule has 0 spiro atoms. The Labute approximate surface area is 397 Å². The van der Waals surface area contributed by atoms with Crippen molar-refractivity contribution >= 4 is 164 Å². The first-order chi connectivity index (χ1) is 28.4. The van der Waals surface area contributed by atoms with Gasteiger partial charge in [0.15, 0.2) is 34.5 Å². The molecule has 324 valence electrons. The van der Waals surface area contributed by atoms with Gasteiger partial charge in [-0.1, -0.05) is 137 Å². The van der Waals surface area contributed by atoms with Crippen molar-refractivity contribution in [2.45, 2.75) is 109 Å². The van der Waals surface area contributed by atoms with Crippen molar-refractivity contribution in [1.29, 1.82) is 0 Å². The Morgan fingerprint density at radius 3 is 0.533 bits per heavy atom. The smallest absolute Gasteiger partial charge is 0.325 e. The van der Waals surface area contributed by atoms with E-state index in [1.807, 2.05) is 0 Å². The summed E-state index contributed by atoms with van der Waals surface area (Å²) >= 11 is 20.0. The molecule has 0 N–H and O–H groups in total. The van der Waals surface area contributed by atoms with Crippen LogP contribution in [0.25, 0.3) is 32.3 Å². The number of ether oxygens (including phenoxy) is 6. The summed E-state index contributed by atoms with van der Waals surface area (Å²) in [7, 11) is 0. The van der Waals surface area contributed by atoms with Crippen LogP contribution in [0.4, 0.5) is 0 Å². The van der Waals surface area contributed by atoms with Gasteiger partial charge in [0, 0.05) is 0 Å². The maximum Gasteiger partial charge on any atom is 0.325 e. The van der Waals surface area contributed by atoms with Crippen LogP contribution >= 0.6 is 95.6 Å². The summed E-state index contributed by atoms with van der Waals surface area (Å²) in [6.07, 6.45) is 2.33. The van der Waals surface area contributed by atoms with E-state index in [1.54, 1.807) is 41.5 Å². The Morgan fingerprint density at radius 2 is 0.433 bits per heavy atom. The van der Waals surface area contributed by atoms with Crippen LogP contribution in [0.15, 0.2) is 36.4 Å². The second kappa shape index (κ2) is 22.6. The molecule has 0 aliphatic rings. The molecule has 4 aromatic carbocycles. The van der Waals surface area contributed by atoms with Crippen molar-refractivity contribution in [2.75, 3.05) is 0 Å². The molecule has 0 amide bonds. The van der Waals surface area contributed by atoms with Gasteiger partial charge in [0.05, 0.1) is 0 Å². The van der Waals surface area contributed by atoms with Gasteiger partial charge in [-0.15, -0.1) is 0 Å². The number of esters is 6. The first-order valence-corrected chi connectivity index (χ1v) is 24.6. The monoisotopic (exact) mass is 1210 g/mol. The zero-order chi connectivity index (χ0) is 44.6. The molecule has 0 aliphatic heterocycles. The molecule has 0 aliphatic carbocycles. The standard InChI is InChI=1S/C42H42Br6O12/c1-7-25(43)37(49)55-31-13-19-20(14-32(31)56-38(50)26(44)8-2)22-16-34(58-40(52)28(46)10-4)36(60-42(54)30(48)12-6)18-24(22)23-17-35(59-41(53)29(47)11-5)33(15-21(19)23)57-39(51)27(45)9-3/h13-18,25-30H,7-12H2,1-6H3. The van der Waals surface area contributed by atoms with E-state index in [0.717, 1.165) is 0 Å². The number of alkyl halides is 6. The van der Waals surface area contributed by atoms with Gasteiger partial charge in [-0.2, -0.15) is 0 Å². The summed E-state index contributed by atoms with van der Waals surface area (Å²) in [5.41, 5.74) is 0. The third-order valence-electron chi connectivity index (χ3n) is 9.07. The van der Waals surface area contributed by atoms with Crippen LogP contribution in [0.5, 0.6) is 34.5 Å². The minimum atomic E-state index is -0.698. The summed E-state index contributed by atoms with van der Waals surface area (Å²) in [4.78, 5) is 75.4. The third-order valence-corrected chi connectivity index (χ3v) is 15.2. The van der Waals surface area contributed by atoms with E-state index >= 15 is 0 Å². The normalized spacial score (nSPS) is 14.4. The lowest BCUT2D eigenvalue weighted by Gasteiger charge is -2.20. The Kier molecular flexibility index (Phi) is 18.9. The second-order valence-electron chi connectivity index (χ2n) is 13.3. The fourth-order valence-corrected chi connectivity index (χ4v) is 6.09. The van der Waals surface area contributed by atoms with Crippen LogP contribution in [0.2, 0.25) is 0 Å². The first-order valence-electron chi connectivity index (χ1n) is 19.1. The van der Waals surface area contributed by atoms with Crippen molar-refractivity contribution in [1.82, 2.24) is 0 Å². The number of benzene rings is 4. The van der Waals surface area contributed by atoms with Gasteiger partial charge >= 0.3 is 35.8 Å². The van der Waals surface area contributed by atoms with E-state index < -0.39 is 64.8 Å². The second-order valence-corrected chi connectivity index (χ2v) is 19.9. The van der Waals surface area contributed by atoms with E-state index in [4.69, 9.17) is 28.4 Å². The lowest BCUT2D eigenvalue weighted by molar-refractivity contribution is -0.136. The molecule has 0 saturated carbocycles. The molecule has 0 fully saturated rings. The molecular formula is C42H42Br6O12. The average Bonchev–Trinajstić information content (AvgIpc) is 3.24. The summed E-state index contributed by atoms with van der Waals surface area (Å²) < 4.78 is 35.2. The SMILES string of the molecule is CCC(Br)C(=O)Oc1cc2c3cc(OC(=O)C(Br)CC)c(OC(=O)C(Br)CC)cc3c3cc(OC(=O)C(Br)CC)c(OC(=O)C(Br)CC)cc3c2cc1OC(=O)C(Br)CC. The van der Waals surface area contributed by atoms with E-state index in [2.05, 4.69) is 95.6 Å². The maximum absolute atomic E-state index is 13.3. The van der Waals surface area contributed by atoms with Gasteiger partial charge in [0.1, 0.15) is 29.0 Å². The number of rotatable bonds is 18. The molecule has 0 radical (unpaired) electrons. The average molecular weight is 1220 g/mol. The quantitative estimate of drug-likeness (QED) is 0.0402. The molecule has 4 aromatic rings. The highest BCUT2D eigenvalue weighted by atomic mass is 79.9. The number of fused-ring (bicyclic) bond motifs is 6. The Bertz CT molecular complexity index is 1860. The first kappa shape index (κ1) is 50.0. The van der Waals surface area contributed by atoms with Crippen LogP contribution < -0.4 is 28.4 Å². The number of carbonyl (C=O) groups is 6. The van der Waals surface area contributed by atoms with Crippen molar-refractivity contribution in [3.63, 3.8) is 0 Å². The third kappa shape index (κ3) is 11.9. The van der Waals surface area contributed by atoms with E-state index in [9.17, 15) is 28.8 Å². The van der Waals surface area contributed by atoms with Gasteiger partial charge in [-0.25, -0.2) is 0 Å². The number of hydrogen-bond acceptors (Lipinski definition) is 12. The van der Waals surface area contributed by atoms with E-state index in [0.29, 0.717) is 70.8 Å². The number of carbonyl (C=O) groups excluding carboxylic acids is 6. The maximum atomic E-state index is 13.3. The fourth-order valence-electron chi connectivity index (χ4n) is 5.53. The molecular weight excluding hydrogens is 1180 g/mol. The molecule has 0 saturated heterocycles. The Hall–Kier alpha value is -2.64. The Balaban J connectivity index is 2.27. The molecule has 12 nitrogen and oxygen atoms in total. The van der Waals surface area contributed by atoms with Crippen LogP contribution in [0.3, 0.4) is 0 Å². The van der Waals surface area contributed by atoms with Gasteiger partial charge in [-0.05, 0) is 107 Å². The van der Waals surface area contributed by atoms with Gasteiger partial charge in [0.25, 0.3) is 0 Å². The van der Waals surface area contributed by atoms with Gasteiger partial charge in [0.2, 0.25) is 0 Å². The zero-order valence-electron chi connectivity index (χ0n) is 33.3. The molecule has 6 unspecified atom stereocenters. The largest absolute Gasteiger partial charge is 0.422 e. The van der Waals surface area contributed by atoms with E-state index in [-0.39, 0.29) is 34.5 Å².